The van der Waals surface area contributed by atoms with Crippen LogP contribution < -0.4 is 15.8 Å². The SMILES string of the molecule is CCOc1ccc(C(=O)[C@@H](C)OC(=O)C[C@@H](NC(N)=O)c2ccc(Cl)cc2)cc1. The number of primary amides is 1. The van der Waals surface area contributed by atoms with Gasteiger partial charge in [-0.05, 0) is 55.8 Å². The molecule has 0 saturated heterocycles. The Hall–Kier alpha value is -3.06. The second-order valence-electron chi connectivity index (χ2n) is 6.27. The van der Waals surface area contributed by atoms with Crippen LogP contribution in [0, 0.1) is 0 Å². The lowest BCUT2D eigenvalue weighted by Gasteiger charge is -2.19. The quantitative estimate of drug-likeness (QED) is 0.477. The average molecular weight is 419 g/mol. The van der Waals surface area contributed by atoms with Gasteiger partial charge in [-0.3, -0.25) is 9.59 Å². The highest BCUT2D eigenvalue weighted by Gasteiger charge is 2.23. The van der Waals surface area contributed by atoms with E-state index in [1.807, 2.05) is 6.92 Å². The molecule has 2 aromatic carbocycles. The molecular weight excluding hydrogens is 396 g/mol. The van der Waals surface area contributed by atoms with Gasteiger partial charge in [0.2, 0.25) is 5.78 Å². The molecule has 0 spiro atoms. The molecule has 29 heavy (non-hydrogen) atoms. The van der Waals surface area contributed by atoms with E-state index in [4.69, 9.17) is 26.8 Å². The molecule has 2 amide bonds. The molecule has 2 rings (SSSR count). The first-order chi connectivity index (χ1) is 13.8. The lowest BCUT2D eigenvalue weighted by molar-refractivity contribution is -0.146. The second kappa shape index (κ2) is 10.5. The Bertz CT molecular complexity index is 852. The molecule has 2 aromatic rings. The van der Waals surface area contributed by atoms with Crippen molar-refractivity contribution in [3.05, 3.63) is 64.7 Å². The summed E-state index contributed by atoms with van der Waals surface area (Å²) in [5.74, 6) is -0.338. The lowest BCUT2D eigenvalue weighted by Crippen LogP contribution is -2.35. The van der Waals surface area contributed by atoms with Gasteiger partial charge in [-0.2, -0.15) is 0 Å². The van der Waals surface area contributed by atoms with Gasteiger partial charge in [0.1, 0.15) is 5.75 Å². The van der Waals surface area contributed by atoms with Gasteiger partial charge < -0.3 is 20.5 Å². The third-order valence-electron chi connectivity index (χ3n) is 4.09. The van der Waals surface area contributed by atoms with E-state index in [1.54, 1.807) is 48.5 Å². The second-order valence-corrected chi connectivity index (χ2v) is 6.71. The highest BCUT2D eigenvalue weighted by atomic mass is 35.5. The number of ketones is 1. The smallest absolute Gasteiger partial charge is 0.312 e. The molecule has 0 aliphatic heterocycles. The van der Waals surface area contributed by atoms with Crippen LogP contribution in [0.2, 0.25) is 5.02 Å². The number of carbonyl (C=O) groups excluding carboxylic acids is 3. The first-order valence-electron chi connectivity index (χ1n) is 9.08. The number of esters is 1. The molecular formula is C21H23ClN2O5. The predicted molar refractivity (Wildman–Crippen MR) is 109 cm³/mol. The van der Waals surface area contributed by atoms with Crippen LogP contribution in [0.1, 0.15) is 42.2 Å². The van der Waals surface area contributed by atoms with Crippen molar-refractivity contribution < 1.29 is 23.9 Å². The van der Waals surface area contributed by atoms with E-state index in [0.29, 0.717) is 28.5 Å². The van der Waals surface area contributed by atoms with Crippen LogP contribution in [0.25, 0.3) is 0 Å². The Morgan fingerprint density at radius 2 is 1.69 bits per heavy atom. The summed E-state index contributed by atoms with van der Waals surface area (Å²) in [6, 6.07) is 11.7. The Balaban J connectivity index is 2.01. The predicted octanol–water partition coefficient (Wildman–Crippen LogP) is 3.65. The zero-order chi connectivity index (χ0) is 21.4. The number of benzene rings is 2. The molecule has 0 aliphatic rings. The number of hydrogen-bond donors (Lipinski definition) is 2. The molecule has 0 unspecified atom stereocenters. The minimum atomic E-state index is -0.986. The summed E-state index contributed by atoms with van der Waals surface area (Å²) in [4.78, 5) is 36.1. The van der Waals surface area contributed by atoms with Gasteiger partial charge in [-0.25, -0.2) is 4.79 Å². The van der Waals surface area contributed by atoms with Crippen molar-refractivity contribution in [2.45, 2.75) is 32.4 Å². The maximum absolute atomic E-state index is 12.5. The van der Waals surface area contributed by atoms with Gasteiger partial charge in [0.15, 0.2) is 6.10 Å². The Morgan fingerprint density at radius 1 is 1.07 bits per heavy atom. The van der Waals surface area contributed by atoms with Gasteiger partial charge in [-0.1, -0.05) is 23.7 Å². The Kier molecular flexibility index (Phi) is 8.03. The topological polar surface area (TPSA) is 108 Å². The van der Waals surface area contributed by atoms with Crippen molar-refractivity contribution >= 4 is 29.4 Å². The molecule has 3 N–H and O–H groups in total. The number of urea groups is 1. The Labute approximate surface area is 174 Å². The molecule has 0 heterocycles. The van der Waals surface area contributed by atoms with Crippen molar-refractivity contribution in [3.63, 3.8) is 0 Å². The number of amides is 2. The summed E-state index contributed by atoms with van der Waals surface area (Å²) in [5.41, 5.74) is 6.24. The van der Waals surface area contributed by atoms with E-state index in [0.717, 1.165) is 0 Å². The third-order valence-corrected chi connectivity index (χ3v) is 4.34. The van der Waals surface area contributed by atoms with E-state index in [-0.39, 0.29) is 12.2 Å². The standard InChI is InChI=1S/C21H23ClN2O5/c1-3-28-17-10-6-15(7-11-17)20(26)13(2)29-19(25)12-18(24-21(23)27)14-4-8-16(22)9-5-14/h4-11,13,18H,3,12H2,1-2H3,(H3,23,24,27)/t13-,18-/m1/s1. The van der Waals surface area contributed by atoms with E-state index >= 15 is 0 Å². The minimum Gasteiger partial charge on any atom is -0.494 e. The third kappa shape index (κ3) is 6.80. The number of ether oxygens (including phenoxy) is 2. The summed E-state index contributed by atoms with van der Waals surface area (Å²) in [7, 11) is 0. The maximum Gasteiger partial charge on any atom is 0.312 e. The van der Waals surface area contributed by atoms with Crippen molar-refractivity contribution in [1.82, 2.24) is 5.32 Å². The fourth-order valence-electron chi connectivity index (χ4n) is 2.70. The molecule has 0 saturated carbocycles. The number of rotatable bonds is 9. The number of nitrogens with one attached hydrogen (secondary N) is 1. The van der Waals surface area contributed by atoms with Gasteiger partial charge in [-0.15, -0.1) is 0 Å². The summed E-state index contributed by atoms with van der Waals surface area (Å²) in [6.45, 7) is 3.88. The maximum atomic E-state index is 12.5. The van der Waals surface area contributed by atoms with E-state index in [1.165, 1.54) is 6.92 Å². The molecule has 154 valence electrons. The van der Waals surface area contributed by atoms with Crippen molar-refractivity contribution in [2.24, 2.45) is 5.73 Å². The molecule has 8 heteroatoms. The molecule has 0 bridgehead atoms. The molecule has 0 radical (unpaired) electrons. The zero-order valence-electron chi connectivity index (χ0n) is 16.2. The van der Waals surface area contributed by atoms with Gasteiger partial charge in [0, 0.05) is 10.6 Å². The van der Waals surface area contributed by atoms with Crippen molar-refractivity contribution in [3.8, 4) is 5.75 Å². The van der Waals surface area contributed by atoms with Crippen LogP contribution in [-0.2, 0) is 9.53 Å². The molecule has 2 atom stereocenters. The average Bonchev–Trinajstić information content (AvgIpc) is 2.68. The van der Waals surface area contributed by atoms with Crippen molar-refractivity contribution in [2.75, 3.05) is 6.61 Å². The first-order valence-corrected chi connectivity index (χ1v) is 9.46. The molecule has 0 fully saturated rings. The van der Waals surface area contributed by atoms with Crippen molar-refractivity contribution in [1.29, 1.82) is 0 Å². The highest BCUT2D eigenvalue weighted by molar-refractivity contribution is 6.30. The van der Waals surface area contributed by atoms with Crippen LogP contribution >= 0.6 is 11.6 Å². The summed E-state index contributed by atoms with van der Waals surface area (Å²) in [6.07, 6.45) is -1.18. The van der Waals surface area contributed by atoms with Gasteiger partial charge in [0.25, 0.3) is 0 Å². The minimum absolute atomic E-state index is 0.189. The van der Waals surface area contributed by atoms with Crippen LogP contribution in [0.5, 0.6) is 5.75 Å². The Morgan fingerprint density at radius 3 is 2.24 bits per heavy atom. The zero-order valence-corrected chi connectivity index (χ0v) is 16.9. The largest absolute Gasteiger partial charge is 0.494 e. The van der Waals surface area contributed by atoms with E-state index < -0.39 is 24.1 Å². The number of Topliss-reactive ketones (excluding diaryl/α,β-unsaturated/α-hetero) is 1. The van der Waals surface area contributed by atoms with E-state index in [9.17, 15) is 14.4 Å². The number of halogens is 1. The highest BCUT2D eigenvalue weighted by Crippen LogP contribution is 2.21. The fourth-order valence-corrected chi connectivity index (χ4v) is 2.83. The fraction of sp³-hybridized carbons (Fsp3) is 0.286. The van der Waals surface area contributed by atoms with Gasteiger partial charge in [0.05, 0.1) is 19.1 Å². The summed E-state index contributed by atoms with van der Waals surface area (Å²) in [5, 5.41) is 3.01. The number of nitrogens with two attached hydrogens (primary N) is 1. The van der Waals surface area contributed by atoms with Gasteiger partial charge >= 0.3 is 12.0 Å². The van der Waals surface area contributed by atoms with Crippen LogP contribution in [0.15, 0.2) is 48.5 Å². The molecule has 7 nitrogen and oxygen atoms in total. The van der Waals surface area contributed by atoms with Crippen LogP contribution in [0.4, 0.5) is 4.79 Å². The number of carbonyl (C=O) groups is 3. The van der Waals surface area contributed by atoms with Crippen LogP contribution in [0.3, 0.4) is 0 Å². The first kappa shape index (κ1) is 22.2. The monoisotopic (exact) mass is 418 g/mol. The molecule has 0 aromatic heterocycles. The summed E-state index contributed by atoms with van der Waals surface area (Å²) >= 11 is 5.87. The lowest BCUT2D eigenvalue weighted by atomic mass is 10.0. The normalized spacial score (nSPS) is 12.5. The van der Waals surface area contributed by atoms with E-state index in [2.05, 4.69) is 5.32 Å². The number of hydrogen-bond acceptors (Lipinski definition) is 5. The molecule has 0 aliphatic carbocycles. The van der Waals surface area contributed by atoms with Crippen LogP contribution in [-0.4, -0.2) is 30.5 Å². The summed E-state index contributed by atoms with van der Waals surface area (Å²) < 4.78 is 10.6.